The Balaban J connectivity index is 1.66. The second kappa shape index (κ2) is 7.84. The number of esters is 1. The average molecular weight is 440 g/mol. The minimum Gasteiger partial charge on any atom is -0.456 e. The minimum atomic E-state index is -0.781. The van der Waals surface area contributed by atoms with E-state index >= 15 is 0 Å². The van der Waals surface area contributed by atoms with E-state index in [1.165, 1.54) is 36.4 Å². The van der Waals surface area contributed by atoms with E-state index in [4.69, 9.17) is 20.8 Å². The van der Waals surface area contributed by atoms with E-state index < -0.39 is 15.8 Å². The summed E-state index contributed by atoms with van der Waals surface area (Å²) in [7, 11) is 0. The number of halogens is 1. The van der Waals surface area contributed by atoms with Crippen molar-refractivity contribution in [2.45, 2.75) is 0 Å². The molecule has 10 nitrogen and oxygen atoms in total. The van der Waals surface area contributed by atoms with Gasteiger partial charge in [0.1, 0.15) is 16.5 Å². The van der Waals surface area contributed by atoms with Crippen molar-refractivity contribution in [3.63, 3.8) is 0 Å². The van der Waals surface area contributed by atoms with Gasteiger partial charge in [0.25, 0.3) is 11.4 Å². The van der Waals surface area contributed by atoms with Gasteiger partial charge in [0.05, 0.1) is 15.4 Å². The summed E-state index contributed by atoms with van der Waals surface area (Å²) < 4.78 is 10.7. The molecular formula is C20H10ClN3O7. The van der Waals surface area contributed by atoms with Gasteiger partial charge in [-0.1, -0.05) is 23.7 Å². The first-order valence-corrected chi connectivity index (χ1v) is 9.02. The van der Waals surface area contributed by atoms with Crippen molar-refractivity contribution in [3.8, 4) is 11.3 Å². The normalized spacial score (nSPS) is 14.4. The molecule has 2 aromatic carbocycles. The van der Waals surface area contributed by atoms with E-state index in [1.807, 2.05) is 0 Å². The Morgan fingerprint density at radius 1 is 0.968 bits per heavy atom. The molecule has 0 radical (unpaired) electrons. The van der Waals surface area contributed by atoms with Crippen LogP contribution in [-0.2, 0) is 9.53 Å². The van der Waals surface area contributed by atoms with Crippen LogP contribution < -0.4 is 0 Å². The zero-order chi connectivity index (χ0) is 22.1. The standard InChI is InChI=1S/C20H10ClN3O7/c21-14-7-5-11(9-17(14)24(28)29)19-22-15(20(25)31-19)10-12-6-8-18(30-12)13-3-1-2-4-16(13)23(26)27/h1-10H/b15-10-. The molecule has 1 aliphatic heterocycles. The van der Waals surface area contributed by atoms with Gasteiger partial charge in [-0.15, -0.1) is 0 Å². The summed E-state index contributed by atoms with van der Waals surface area (Å²) >= 11 is 5.79. The van der Waals surface area contributed by atoms with Crippen molar-refractivity contribution in [2.24, 2.45) is 4.99 Å². The Bertz CT molecular complexity index is 1310. The lowest BCUT2D eigenvalue weighted by molar-refractivity contribution is -0.384. The highest BCUT2D eigenvalue weighted by molar-refractivity contribution is 6.32. The maximum Gasteiger partial charge on any atom is 0.363 e. The molecule has 1 aliphatic rings. The van der Waals surface area contributed by atoms with Crippen LogP contribution in [0.4, 0.5) is 11.4 Å². The highest BCUT2D eigenvalue weighted by Gasteiger charge is 2.27. The van der Waals surface area contributed by atoms with E-state index in [1.54, 1.807) is 18.2 Å². The van der Waals surface area contributed by atoms with Gasteiger partial charge in [-0.2, -0.15) is 0 Å². The molecule has 0 saturated carbocycles. The third kappa shape index (κ3) is 3.91. The molecule has 2 heterocycles. The van der Waals surface area contributed by atoms with Crippen molar-refractivity contribution < 1.29 is 23.8 Å². The third-order valence-electron chi connectivity index (χ3n) is 4.28. The molecule has 0 amide bonds. The molecule has 0 unspecified atom stereocenters. The Hall–Kier alpha value is -4.31. The highest BCUT2D eigenvalue weighted by atomic mass is 35.5. The fourth-order valence-corrected chi connectivity index (χ4v) is 3.06. The summed E-state index contributed by atoms with van der Waals surface area (Å²) in [5, 5.41) is 22.2. The number of benzene rings is 2. The number of nitro benzene ring substituents is 2. The number of nitrogens with zero attached hydrogens (tertiary/aromatic N) is 3. The molecule has 1 aromatic heterocycles. The van der Waals surface area contributed by atoms with E-state index in [0.29, 0.717) is 0 Å². The topological polar surface area (TPSA) is 138 Å². The molecule has 0 spiro atoms. The van der Waals surface area contributed by atoms with Gasteiger partial charge in [0.2, 0.25) is 5.90 Å². The number of cyclic esters (lactones) is 1. The second-order valence-corrected chi connectivity index (χ2v) is 6.64. The summed E-state index contributed by atoms with van der Waals surface area (Å²) in [6.45, 7) is 0. The van der Waals surface area contributed by atoms with Gasteiger partial charge >= 0.3 is 5.97 Å². The number of hydrogen-bond donors (Lipinski definition) is 0. The lowest BCUT2D eigenvalue weighted by Crippen LogP contribution is -2.06. The maximum absolute atomic E-state index is 12.2. The molecule has 11 heteroatoms. The number of nitro groups is 2. The number of aliphatic imine (C=N–C) groups is 1. The number of para-hydroxylation sites is 1. The largest absolute Gasteiger partial charge is 0.456 e. The number of furan rings is 1. The van der Waals surface area contributed by atoms with Crippen LogP contribution in [0.1, 0.15) is 11.3 Å². The number of ether oxygens (including phenoxy) is 1. The van der Waals surface area contributed by atoms with E-state index in [0.717, 1.165) is 6.07 Å². The third-order valence-corrected chi connectivity index (χ3v) is 4.60. The Morgan fingerprint density at radius 3 is 2.45 bits per heavy atom. The number of carbonyl (C=O) groups excluding carboxylic acids is 1. The second-order valence-electron chi connectivity index (χ2n) is 6.24. The van der Waals surface area contributed by atoms with Crippen molar-refractivity contribution in [1.82, 2.24) is 0 Å². The predicted molar refractivity (Wildman–Crippen MR) is 110 cm³/mol. The van der Waals surface area contributed by atoms with E-state index in [2.05, 4.69) is 4.99 Å². The van der Waals surface area contributed by atoms with Crippen LogP contribution in [0.2, 0.25) is 5.02 Å². The zero-order valence-corrected chi connectivity index (χ0v) is 16.1. The fraction of sp³-hybridized carbons (Fsp3) is 0. The first-order chi connectivity index (χ1) is 14.8. The molecule has 3 aromatic rings. The van der Waals surface area contributed by atoms with Crippen molar-refractivity contribution in [1.29, 1.82) is 0 Å². The monoisotopic (exact) mass is 439 g/mol. The quantitative estimate of drug-likeness (QED) is 0.241. The lowest BCUT2D eigenvalue weighted by atomic mass is 10.1. The molecule has 0 N–H and O–H groups in total. The summed E-state index contributed by atoms with van der Waals surface area (Å²) in [5.74, 6) is -0.451. The van der Waals surface area contributed by atoms with Crippen LogP contribution >= 0.6 is 11.6 Å². The minimum absolute atomic E-state index is 0.0624. The molecule has 0 saturated heterocycles. The molecule has 4 rings (SSSR count). The number of carbonyl (C=O) groups is 1. The first-order valence-electron chi connectivity index (χ1n) is 8.64. The van der Waals surface area contributed by atoms with Crippen LogP contribution in [-0.4, -0.2) is 21.7 Å². The predicted octanol–water partition coefficient (Wildman–Crippen LogP) is 4.76. The van der Waals surface area contributed by atoms with Crippen LogP contribution in [0, 0.1) is 20.2 Å². The summed E-state index contributed by atoms with van der Waals surface area (Å²) in [4.78, 5) is 37.3. The molecule has 0 fully saturated rings. The van der Waals surface area contributed by atoms with Gasteiger partial charge in [-0.05, 0) is 30.3 Å². The van der Waals surface area contributed by atoms with Crippen LogP contribution in [0.15, 0.2) is 69.7 Å². The van der Waals surface area contributed by atoms with Crippen LogP contribution in [0.25, 0.3) is 17.4 Å². The van der Waals surface area contributed by atoms with Gasteiger partial charge in [0, 0.05) is 23.8 Å². The molecule has 0 aliphatic carbocycles. The fourth-order valence-electron chi connectivity index (χ4n) is 2.87. The van der Waals surface area contributed by atoms with Gasteiger partial charge in [-0.3, -0.25) is 20.2 Å². The van der Waals surface area contributed by atoms with Crippen molar-refractivity contribution in [3.05, 3.63) is 96.9 Å². The lowest BCUT2D eigenvalue weighted by Gasteiger charge is -2.00. The van der Waals surface area contributed by atoms with E-state index in [-0.39, 0.29) is 50.6 Å². The van der Waals surface area contributed by atoms with Gasteiger partial charge < -0.3 is 9.15 Å². The summed E-state index contributed by atoms with van der Waals surface area (Å²) in [6.07, 6.45) is 1.30. The van der Waals surface area contributed by atoms with Gasteiger partial charge in [-0.25, -0.2) is 9.79 Å². The average Bonchev–Trinajstić information content (AvgIpc) is 3.35. The summed E-state index contributed by atoms with van der Waals surface area (Å²) in [6, 6.07) is 13.0. The van der Waals surface area contributed by atoms with Crippen LogP contribution in [0.5, 0.6) is 0 Å². The Labute approximate surface area is 178 Å². The Morgan fingerprint density at radius 2 is 1.71 bits per heavy atom. The zero-order valence-electron chi connectivity index (χ0n) is 15.4. The van der Waals surface area contributed by atoms with Crippen molar-refractivity contribution in [2.75, 3.05) is 0 Å². The molecule has 0 atom stereocenters. The van der Waals surface area contributed by atoms with Crippen molar-refractivity contribution >= 4 is 40.9 Å². The smallest absolute Gasteiger partial charge is 0.363 e. The molecule has 154 valence electrons. The summed E-state index contributed by atoms with van der Waals surface area (Å²) in [5.41, 5.74) is -0.0933. The SMILES string of the molecule is O=C1OC(c2ccc(Cl)c([N+](=O)[O-])c2)=N/C1=C\c1ccc(-c2ccccc2[N+](=O)[O-])o1. The number of hydrogen-bond acceptors (Lipinski definition) is 8. The van der Waals surface area contributed by atoms with Crippen LogP contribution in [0.3, 0.4) is 0 Å². The first kappa shape index (κ1) is 20.0. The maximum atomic E-state index is 12.2. The number of rotatable bonds is 5. The molecular weight excluding hydrogens is 430 g/mol. The molecule has 31 heavy (non-hydrogen) atoms. The highest BCUT2D eigenvalue weighted by Crippen LogP contribution is 2.32. The molecule has 0 bridgehead atoms. The Kier molecular flexibility index (Phi) is 5.05. The van der Waals surface area contributed by atoms with Gasteiger partial charge in [0.15, 0.2) is 5.70 Å². The van der Waals surface area contributed by atoms with E-state index in [9.17, 15) is 25.0 Å².